The summed E-state index contributed by atoms with van der Waals surface area (Å²) in [5.74, 6) is -1.07. The van der Waals surface area contributed by atoms with Crippen LogP contribution in [0.25, 0.3) is 0 Å². The van der Waals surface area contributed by atoms with E-state index in [9.17, 15) is 14.7 Å². The lowest BCUT2D eigenvalue weighted by molar-refractivity contribution is -0.146. The maximum absolute atomic E-state index is 11.3. The molecule has 0 spiro atoms. The van der Waals surface area contributed by atoms with Gasteiger partial charge in [-0.2, -0.15) is 0 Å². The van der Waals surface area contributed by atoms with Crippen molar-refractivity contribution in [1.82, 2.24) is 10.3 Å². The number of ether oxygens (including phenoxy) is 2. The van der Waals surface area contributed by atoms with Crippen molar-refractivity contribution in [2.45, 2.75) is 20.0 Å². The van der Waals surface area contributed by atoms with Crippen LogP contribution in [0.5, 0.6) is 11.6 Å². The van der Waals surface area contributed by atoms with Crippen LogP contribution in [0.4, 0.5) is 4.79 Å². The standard InChI is InChI=1S/C11H14N2O5/c1-7(2)17-9(15)6-13-11(16)18-10-8(14)4-3-5-12-10/h3-5,7,14H,6H2,1-2H3,(H,13,16). The van der Waals surface area contributed by atoms with Gasteiger partial charge in [0.05, 0.1) is 6.10 Å². The van der Waals surface area contributed by atoms with E-state index >= 15 is 0 Å². The summed E-state index contributed by atoms with van der Waals surface area (Å²) in [5.41, 5.74) is 0. The van der Waals surface area contributed by atoms with Crippen LogP contribution in [-0.2, 0) is 9.53 Å². The van der Waals surface area contributed by atoms with E-state index < -0.39 is 12.1 Å². The predicted molar refractivity (Wildman–Crippen MR) is 61.2 cm³/mol. The molecular formula is C11H14N2O5. The Morgan fingerprint density at radius 2 is 2.22 bits per heavy atom. The summed E-state index contributed by atoms with van der Waals surface area (Å²) in [5, 5.41) is 11.5. The second kappa shape index (κ2) is 6.43. The van der Waals surface area contributed by atoms with Crippen molar-refractivity contribution in [2.75, 3.05) is 6.54 Å². The molecule has 0 bridgehead atoms. The third-order valence-corrected chi connectivity index (χ3v) is 1.68. The van der Waals surface area contributed by atoms with Gasteiger partial charge in [-0.05, 0) is 26.0 Å². The number of carbonyl (C=O) groups is 2. The van der Waals surface area contributed by atoms with Gasteiger partial charge < -0.3 is 19.9 Å². The van der Waals surface area contributed by atoms with E-state index in [0.717, 1.165) is 0 Å². The Kier molecular flexibility index (Phi) is 4.91. The van der Waals surface area contributed by atoms with Gasteiger partial charge in [0.2, 0.25) is 0 Å². The smallest absolute Gasteiger partial charge is 0.414 e. The van der Waals surface area contributed by atoms with E-state index in [2.05, 4.69) is 15.0 Å². The molecule has 1 rings (SSSR count). The molecule has 0 fully saturated rings. The molecule has 7 nitrogen and oxygen atoms in total. The molecule has 1 aromatic rings. The van der Waals surface area contributed by atoms with Gasteiger partial charge in [0.1, 0.15) is 6.54 Å². The molecule has 18 heavy (non-hydrogen) atoms. The zero-order valence-electron chi connectivity index (χ0n) is 10.0. The maximum atomic E-state index is 11.3. The van der Waals surface area contributed by atoms with E-state index in [-0.39, 0.29) is 24.3 Å². The Morgan fingerprint density at radius 3 is 2.83 bits per heavy atom. The number of rotatable bonds is 4. The van der Waals surface area contributed by atoms with Crippen LogP contribution in [0.2, 0.25) is 0 Å². The fraction of sp³-hybridized carbons (Fsp3) is 0.364. The van der Waals surface area contributed by atoms with E-state index in [1.165, 1.54) is 18.3 Å². The Bertz CT molecular complexity index is 433. The molecule has 0 aromatic carbocycles. The molecule has 0 saturated carbocycles. The lowest BCUT2D eigenvalue weighted by Gasteiger charge is -2.09. The molecule has 2 N–H and O–H groups in total. The highest BCUT2D eigenvalue weighted by molar-refractivity contribution is 5.79. The Hall–Kier alpha value is -2.31. The minimum atomic E-state index is -0.898. The third-order valence-electron chi connectivity index (χ3n) is 1.68. The third kappa shape index (κ3) is 4.69. The summed E-state index contributed by atoms with van der Waals surface area (Å²) >= 11 is 0. The normalized spacial score (nSPS) is 9.94. The Morgan fingerprint density at radius 1 is 1.50 bits per heavy atom. The first kappa shape index (κ1) is 13.8. The topological polar surface area (TPSA) is 97.8 Å². The number of carbonyl (C=O) groups excluding carboxylic acids is 2. The van der Waals surface area contributed by atoms with Crippen molar-refractivity contribution < 1.29 is 24.2 Å². The molecule has 0 saturated heterocycles. The number of esters is 1. The van der Waals surface area contributed by atoms with Gasteiger partial charge >= 0.3 is 12.1 Å². The van der Waals surface area contributed by atoms with Crippen molar-refractivity contribution in [2.24, 2.45) is 0 Å². The highest BCUT2D eigenvalue weighted by atomic mass is 16.6. The van der Waals surface area contributed by atoms with E-state index in [1.807, 2.05) is 0 Å². The number of amides is 1. The van der Waals surface area contributed by atoms with Gasteiger partial charge in [0, 0.05) is 6.20 Å². The number of hydrogen-bond donors (Lipinski definition) is 2. The number of aromatic nitrogens is 1. The molecule has 0 unspecified atom stereocenters. The zero-order valence-corrected chi connectivity index (χ0v) is 10.0. The first-order valence-corrected chi connectivity index (χ1v) is 5.28. The minimum absolute atomic E-state index is 0.229. The van der Waals surface area contributed by atoms with Gasteiger partial charge in [-0.3, -0.25) is 4.79 Å². The first-order valence-electron chi connectivity index (χ1n) is 5.28. The van der Waals surface area contributed by atoms with E-state index in [4.69, 9.17) is 4.74 Å². The summed E-state index contributed by atoms with van der Waals surface area (Å²) in [6.07, 6.45) is 0.204. The lowest BCUT2D eigenvalue weighted by atomic mass is 10.4. The quantitative estimate of drug-likeness (QED) is 0.772. The summed E-state index contributed by atoms with van der Waals surface area (Å²) < 4.78 is 9.48. The molecule has 1 amide bonds. The number of nitrogens with zero attached hydrogens (tertiary/aromatic N) is 1. The van der Waals surface area contributed by atoms with Crippen molar-refractivity contribution in [3.63, 3.8) is 0 Å². The fourth-order valence-electron chi connectivity index (χ4n) is 1.03. The largest absolute Gasteiger partial charge is 0.503 e. The van der Waals surface area contributed by atoms with Gasteiger partial charge in [-0.15, -0.1) is 0 Å². The van der Waals surface area contributed by atoms with Crippen LogP contribution in [0, 0.1) is 0 Å². The summed E-state index contributed by atoms with van der Waals surface area (Å²) in [6, 6.07) is 2.81. The average Bonchev–Trinajstić information content (AvgIpc) is 2.29. The van der Waals surface area contributed by atoms with Gasteiger partial charge in [-0.25, -0.2) is 9.78 Å². The lowest BCUT2D eigenvalue weighted by Crippen LogP contribution is -2.33. The SMILES string of the molecule is CC(C)OC(=O)CNC(=O)Oc1ncccc1O. The number of nitrogens with one attached hydrogen (secondary N) is 1. The molecule has 0 atom stereocenters. The van der Waals surface area contributed by atoms with Gasteiger partial charge in [0.15, 0.2) is 5.75 Å². The van der Waals surface area contributed by atoms with Crippen LogP contribution in [0.3, 0.4) is 0 Å². The van der Waals surface area contributed by atoms with Crippen LogP contribution < -0.4 is 10.1 Å². The highest BCUT2D eigenvalue weighted by Gasteiger charge is 2.12. The molecule has 98 valence electrons. The van der Waals surface area contributed by atoms with Crippen LogP contribution in [-0.4, -0.2) is 34.8 Å². The molecule has 0 radical (unpaired) electrons. The highest BCUT2D eigenvalue weighted by Crippen LogP contribution is 2.20. The minimum Gasteiger partial charge on any atom is -0.503 e. The Labute approximate surface area is 104 Å². The number of aromatic hydroxyl groups is 1. The second-order valence-corrected chi connectivity index (χ2v) is 3.61. The average molecular weight is 254 g/mol. The van der Waals surface area contributed by atoms with Crippen LogP contribution in [0.15, 0.2) is 18.3 Å². The molecule has 1 aromatic heterocycles. The first-order chi connectivity index (χ1) is 8.49. The van der Waals surface area contributed by atoms with Gasteiger partial charge in [0.25, 0.3) is 5.88 Å². The maximum Gasteiger partial charge on any atom is 0.414 e. The summed E-state index contributed by atoms with van der Waals surface area (Å²) in [4.78, 5) is 26.0. The van der Waals surface area contributed by atoms with E-state index in [1.54, 1.807) is 13.8 Å². The molecule has 7 heteroatoms. The summed E-state index contributed by atoms with van der Waals surface area (Å²) in [7, 11) is 0. The van der Waals surface area contributed by atoms with Gasteiger partial charge in [-0.1, -0.05) is 0 Å². The van der Waals surface area contributed by atoms with Crippen molar-refractivity contribution in [1.29, 1.82) is 0 Å². The van der Waals surface area contributed by atoms with Crippen molar-refractivity contribution >= 4 is 12.1 Å². The predicted octanol–water partition coefficient (Wildman–Crippen LogP) is 0.827. The summed E-state index contributed by atoms with van der Waals surface area (Å²) in [6.45, 7) is 3.08. The van der Waals surface area contributed by atoms with Crippen LogP contribution in [0.1, 0.15) is 13.8 Å². The molecular weight excluding hydrogens is 240 g/mol. The second-order valence-electron chi connectivity index (χ2n) is 3.61. The van der Waals surface area contributed by atoms with E-state index in [0.29, 0.717) is 0 Å². The fourth-order valence-corrected chi connectivity index (χ4v) is 1.03. The monoisotopic (exact) mass is 254 g/mol. The molecule has 0 aliphatic rings. The molecule has 0 aliphatic carbocycles. The van der Waals surface area contributed by atoms with Crippen LogP contribution >= 0.6 is 0 Å². The Balaban J connectivity index is 2.39. The number of hydrogen-bond acceptors (Lipinski definition) is 6. The molecule has 1 heterocycles. The van der Waals surface area contributed by atoms with Crippen molar-refractivity contribution in [3.8, 4) is 11.6 Å². The molecule has 0 aliphatic heterocycles. The zero-order chi connectivity index (χ0) is 13.5. The number of pyridine rings is 1. The van der Waals surface area contributed by atoms with Crippen molar-refractivity contribution in [3.05, 3.63) is 18.3 Å².